The van der Waals surface area contributed by atoms with Gasteiger partial charge in [-0.3, -0.25) is 0 Å². The minimum atomic E-state index is 0.585. The second-order valence-electron chi connectivity index (χ2n) is 3.63. The normalized spacial score (nSPS) is 10.9. The molecule has 0 aromatic rings. The molecule has 0 aromatic heterocycles. The first-order valence-electron chi connectivity index (χ1n) is 6.10. The summed E-state index contributed by atoms with van der Waals surface area (Å²) in [6.07, 6.45) is 9.26. The molecule has 0 heterocycles. The highest BCUT2D eigenvalue weighted by Crippen LogP contribution is 2.09. The molecular formula is C13H25O2. The number of ether oxygens (including phenoxy) is 2. The van der Waals surface area contributed by atoms with Gasteiger partial charge in [0.25, 0.3) is 0 Å². The molecule has 0 unspecified atom stereocenters. The number of unbranched alkanes of at least 4 members (excludes halogenated alkanes) is 4. The van der Waals surface area contributed by atoms with E-state index in [2.05, 4.69) is 20.4 Å². The smallest absolute Gasteiger partial charge is 0.247 e. The number of hydrogen-bond donors (Lipinski definition) is 0. The van der Waals surface area contributed by atoms with E-state index in [1.54, 1.807) is 6.08 Å². The molecule has 0 fully saturated rings. The maximum atomic E-state index is 5.45. The Kier molecular flexibility index (Phi) is 11.5. The monoisotopic (exact) mass is 213 g/mol. The maximum absolute atomic E-state index is 5.45. The van der Waals surface area contributed by atoms with Gasteiger partial charge in [0.2, 0.25) is 6.29 Å². The first kappa shape index (κ1) is 14.7. The van der Waals surface area contributed by atoms with Crippen LogP contribution in [0.1, 0.15) is 52.4 Å². The van der Waals surface area contributed by atoms with E-state index in [9.17, 15) is 0 Å². The Hall–Kier alpha value is -0.340. The lowest BCUT2D eigenvalue weighted by atomic mass is 10.3. The van der Waals surface area contributed by atoms with Crippen molar-refractivity contribution in [1.29, 1.82) is 0 Å². The first-order chi connectivity index (χ1) is 7.35. The Morgan fingerprint density at radius 1 is 0.933 bits per heavy atom. The summed E-state index contributed by atoms with van der Waals surface area (Å²) in [5.41, 5.74) is 0. The minimum absolute atomic E-state index is 0.585. The van der Waals surface area contributed by atoms with Crippen LogP contribution in [0.25, 0.3) is 0 Å². The van der Waals surface area contributed by atoms with Gasteiger partial charge in [0.15, 0.2) is 0 Å². The molecule has 0 aromatic carbocycles. The average Bonchev–Trinajstić information content (AvgIpc) is 2.27. The van der Waals surface area contributed by atoms with E-state index in [4.69, 9.17) is 9.47 Å². The Morgan fingerprint density at radius 3 is 1.73 bits per heavy atom. The van der Waals surface area contributed by atoms with Crippen molar-refractivity contribution in [2.75, 3.05) is 13.2 Å². The molecule has 89 valence electrons. The van der Waals surface area contributed by atoms with Gasteiger partial charge < -0.3 is 9.47 Å². The highest BCUT2D eigenvalue weighted by molar-refractivity contribution is 4.88. The van der Waals surface area contributed by atoms with E-state index in [-0.39, 0.29) is 0 Å². The minimum Gasteiger partial charge on any atom is -0.342 e. The lowest BCUT2D eigenvalue weighted by molar-refractivity contribution is -0.0237. The highest BCUT2D eigenvalue weighted by atomic mass is 16.7. The van der Waals surface area contributed by atoms with E-state index >= 15 is 0 Å². The number of rotatable bonds is 11. The van der Waals surface area contributed by atoms with E-state index in [0.717, 1.165) is 26.1 Å². The zero-order chi connectivity index (χ0) is 11.4. The van der Waals surface area contributed by atoms with Gasteiger partial charge in [-0.05, 0) is 18.9 Å². The van der Waals surface area contributed by atoms with Gasteiger partial charge in [-0.1, -0.05) is 46.1 Å². The van der Waals surface area contributed by atoms with Crippen molar-refractivity contribution in [2.24, 2.45) is 0 Å². The van der Waals surface area contributed by atoms with E-state index in [1.807, 2.05) is 0 Å². The van der Waals surface area contributed by atoms with Crippen LogP contribution in [0.3, 0.4) is 0 Å². The first-order valence-corrected chi connectivity index (χ1v) is 6.10. The molecular weight excluding hydrogens is 188 g/mol. The van der Waals surface area contributed by atoms with Gasteiger partial charge in [0, 0.05) is 0 Å². The van der Waals surface area contributed by atoms with Crippen molar-refractivity contribution in [3.8, 4) is 0 Å². The summed E-state index contributed by atoms with van der Waals surface area (Å²) in [6.45, 7) is 9.51. The molecule has 0 amide bonds. The molecule has 0 spiro atoms. The van der Waals surface area contributed by atoms with Crippen molar-refractivity contribution < 1.29 is 9.47 Å². The fourth-order valence-corrected chi connectivity index (χ4v) is 1.21. The molecule has 1 radical (unpaired) electrons. The third-order valence-electron chi connectivity index (χ3n) is 2.15. The van der Waals surface area contributed by atoms with Crippen molar-refractivity contribution in [1.82, 2.24) is 0 Å². The van der Waals surface area contributed by atoms with Crippen molar-refractivity contribution >= 4 is 0 Å². The molecule has 0 saturated carbocycles. The lowest BCUT2D eigenvalue weighted by Gasteiger charge is -2.12. The van der Waals surface area contributed by atoms with Gasteiger partial charge in [-0.2, -0.15) is 0 Å². The van der Waals surface area contributed by atoms with Crippen LogP contribution in [0.15, 0.2) is 12.7 Å². The van der Waals surface area contributed by atoms with Crippen LogP contribution in [0, 0.1) is 6.29 Å². The molecule has 0 N–H and O–H groups in total. The quantitative estimate of drug-likeness (QED) is 0.481. The van der Waals surface area contributed by atoms with Crippen molar-refractivity contribution in [2.45, 2.75) is 52.4 Å². The zero-order valence-electron chi connectivity index (χ0n) is 10.3. The average molecular weight is 213 g/mol. The number of hydrogen-bond acceptors (Lipinski definition) is 2. The summed E-state index contributed by atoms with van der Waals surface area (Å²) < 4.78 is 10.9. The maximum Gasteiger partial charge on any atom is 0.247 e. The molecule has 0 rings (SSSR count). The second kappa shape index (κ2) is 11.7. The van der Waals surface area contributed by atoms with Crippen LogP contribution < -0.4 is 0 Å². The summed E-state index contributed by atoms with van der Waals surface area (Å²) in [6, 6.07) is 0. The summed E-state index contributed by atoms with van der Waals surface area (Å²) in [4.78, 5) is 0. The Morgan fingerprint density at radius 2 is 1.40 bits per heavy atom. The molecule has 2 heteroatoms. The topological polar surface area (TPSA) is 18.5 Å². The van der Waals surface area contributed by atoms with Gasteiger partial charge in [0.1, 0.15) is 0 Å². The van der Waals surface area contributed by atoms with Gasteiger partial charge in [-0.15, -0.1) is 0 Å². The second-order valence-corrected chi connectivity index (χ2v) is 3.63. The summed E-state index contributed by atoms with van der Waals surface area (Å²) in [5.74, 6) is 0. The molecule has 0 aliphatic heterocycles. The van der Waals surface area contributed by atoms with Crippen LogP contribution in [0.2, 0.25) is 0 Å². The Labute approximate surface area is 94.7 Å². The lowest BCUT2D eigenvalue weighted by Crippen LogP contribution is -2.07. The molecule has 0 aliphatic carbocycles. The standard InChI is InChI=1S/C13H25O2/c1-4-7-9-11-14-13(6-3)15-12-10-8-5-2/h6H,3-5,7-12H2,1-2H3. The van der Waals surface area contributed by atoms with Gasteiger partial charge >= 0.3 is 0 Å². The van der Waals surface area contributed by atoms with Crippen molar-refractivity contribution in [3.63, 3.8) is 0 Å². The molecule has 0 aliphatic rings. The summed E-state index contributed by atoms with van der Waals surface area (Å²) >= 11 is 0. The third kappa shape index (κ3) is 9.95. The van der Waals surface area contributed by atoms with Crippen LogP contribution in [-0.2, 0) is 9.47 Å². The van der Waals surface area contributed by atoms with E-state index < -0.39 is 0 Å². The summed E-state index contributed by atoms with van der Waals surface area (Å²) in [5, 5.41) is 0. The van der Waals surface area contributed by atoms with Crippen LogP contribution >= 0.6 is 0 Å². The van der Waals surface area contributed by atoms with Crippen LogP contribution in [0.4, 0.5) is 0 Å². The molecule has 0 atom stereocenters. The van der Waals surface area contributed by atoms with E-state index in [0.29, 0.717) is 6.29 Å². The largest absolute Gasteiger partial charge is 0.342 e. The predicted molar refractivity (Wildman–Crippen MR) is 64.4 cm³/mol. The Balaban J connectivity index is 3.34. The van der Waals surface area contributed by atoms with E-state index in [1.165, 1.54) is 25.7 Å². The highest BCUT2D eigenvalue weighted by Gasteiger charge is 2.05. The third-order valence-corrected chi connectivity index (χ3v) is 2.15. The fourth-order valence-electron chi connectivity index (χ4n) is 1.21. The Bertz CT molecular complexity index is 122. The molecule has 0 saturated heterocycles. The predicted octanol–water partition coefficient (Wildman–Crippen LogP) is 4.08. The SMILES string of the molecule is C=C[C](OCCCCC)OCCCCC. The fraction of sp³-hybridized carbons (Fsp3) is 0.769. The zero-order valence-corrected chi connectivity index (χ0v) is 10.3. The van der Waals surface area contributed by atoms with Crippen LogP contribution in [0.5, 0.6) is 0 Å². The van der Waals surface area contributed by atoms with Gasteiger partial charge in [-0.25, -0.2) is 0 Å². The van der Waals surface area contributed by atoms with Crippen molar-refractivity contribution in [3.05, 3.63) is 18.9 Å². The molecule has 0 bridgehead atoms. The molecule has 2 nitrogen and oxygen atoms in total. The van der Waals surface area contributed by atoms with Crippen LogP contribution in [-0.4, -0.2) is 13.2 Å². The molecule has 15 heavy (non-hydrogen) atoms. The summed E-state index contributed by atoms with van der Waals surface area (Å²) in [7, 11) is 0. The van der Waals surface area contributed by atoms with Gasteiger partial charge in [0.05, 0.1) is 13.2 Å².